The standard InChI is InChI=1S/C11H12BrN3O/c1-2-10-14-9(12)6-11(15-10)13-7-8-4-3-5-16-8/h3-6H,2,7H2,1H3,(H,13,14,15). The molecular weight excluding hydrogens is 270 g/mol. The maximum absolute atomic E-state index is 5.22. The highest BCUT2D eigenvalue weighted by atomic mass is 79.9. The van der Waals surface area contributed by atoms with E-state index in [0.29, 0.717) is 6.54 Å². The van der Waals surface area contributed by atoms with Crippen LogP contribution in [0, 0.1) is 0 Å². The Morgan fingerprint density at radius 2 is 2.31 bits per heavy atom. The molecule has 16 heavy (non-hydrogen) atoms. The Bertz CT molecular complexity index is 456. The van der Waals surface area contributed by atoms with Crippen LogP contribution in [0.3, 0.4) is 0 Å². The van der Waals surface area contributed by atoms with E-state index in [-0.39, 0.29) is 0 Å². The van der Waals surface area contributed by atoms with Crippen molar-refractivity contribution in [3.8, 4) is 0 Å². The number of aryl methyl sites for hydroxylation is 1. The van der Waals surface area contributed by atoms with Crippen molar-refractivity contribution >= 4 is 21.7 Å². The average Bonchev–Trinajstić information content (AvgIpc) is 2.78. The molecule has 1 N–H and O–H groups in total. The molecule has 0 amide bonds. The quantitative estimate of drug-likeness (QED) is 0.876. The fraction of sp³-hybridized carbons (Fsp3) is 0.273. The molecule has 0 aliphatic rings. The molecule has 0 aromatic carbocycles. The van der Waals surface area contributed by atoms with Crippen molar-refractivity contribution in [2.24, 2.45) is 0 Å². The van der Waals surface area contributed by atoms with Crippen LogP contribution in [0.5, 0.6) is 0 Å². The number of rotatable bonds is 4. The van der Waals surface area contributed by atoms with Gasteiger partial charge in [0.1, 0.15) is 22.0 Å². The first-order valence-electron chi connectivity index (χ1n) is 5.07. The molecule has 2 rings (SSSR count). The summed E-state index contributed by atoms with van der Waals surface area (Å²) in [5, 5.41) is 3.19. The second-order valence-electron chi connectivity index (χ2n) is 3.28. The van der Waals surface area contributed by atoms with Gasteiger partial charge in [-0.1, -0.05) is 6.92 Å². The van der Waals surface area contributed by atoms with E-state index in [1.54, 1.807) is 6.26 Å². The molecule has 0 aliphatic carbocycles. The number of nitrogens with zero attached hydrogens (tertiary/aromatic N) is 2. The van der Waals surface area contributed by atoms with Gasteiger partial charge in [-0.05, 0) is 28.1 Å². The molecule has 84 valence electrons. The number of hydrogen-bond acceptors (Lipinski definition) is 4. The summed E-state index contributed by atoms with van der Waals surface area (Å²) in [6.45, 7) is 2.65. The molecule has 0 aliphatic heterocycles. The minimum atomic E-state index is 0.625. The van der Waals surface area contributed by atoms with Gasteiger partial charge in [0, 0.05) is 12.5 Å². The predicted molar refractivity (Wildman–Crippen MR) is 65.1 cm³/mol. The van der Waals surface area contributed by atoms with Gasteiger partial charge in [0.15, 0.2) is 0 Å². The molecule has 0 saturated heterocycles. The average molecular weight is 282 g/mol. The summed E-state index contributed by atoms with van der Waals surface area (Å²) in [5.74, 6) is 2.50. The third-order valence-electron chi connectivity index (χ3n) is 2.08. The Kier molecular flexibility index (Phi) is 3.56. The molecule has 2 heterocycles. The van der Waals surface area contributed by atoms with Gasteiger partial charge in [-0.25, -0.2) is 9.97 Å². The zero-order valence-corrected chi connectivity index (χ0v) is 10.5. The summed E-state index contributed by atoms with van der Waals surface area (Å²) < 4.78 is 6.02. The third-order valence-corrected chi connectivity index (χ3v) is 2.49. The van der Waals surface area contributed by atoms with Crippen LogP contribution in [-0.2, 0) is 13.0 Å². The van der Waals surface area contributed by atoms with Crippen LogP contribution < -0.4 is 5.32 Å². The molecule has 0 radical (unpaired) electrons. The summed E-state index contributed by atoms with van der Waals surface area (Å²) in [4.78, 5) is 8.60. The number of aromatic nitrogens is 2. The fourth-order valence-electron chi connectivity index (χ4n) is 1.30. The molecule has 0 saturated carbocycles. The Labute approximate surface area is 102 Å². The van der Waals surface area contributed by atoms with E-state index in [1.165, 1.54) is 0 Å². The molecule has 4 nitrogen and oxygen atoms in total. The number of nitrogens with one attached hydrogen (secondary N) is 1. The summed E-state index contributed by atoms with van der Waals surface area (Å²) in [5.41, 5.74) is 0. The van der Waals surface area contributed by atoms with E-state index < -0.39 is 0 Å². The van der Waals surface area contributed by atoms with Crippen LogP contribution in [0.1, 0.15) is 18.5 Å². The van der Waals surface area contributed by atoms with E-state index in [2.05, 4.69) is 31.2 Å². The zero-order chi connectivity index (χ0) is 11.4. The van der Waals surface area contributed by atoms with Crippen molar-refractivity contribution < 1.29 is 4.42 Å². The third kappa shape index (κ3) is 2.82. The molecule has 2 aromatic rings. The van der Waals surface area contributed by atoms with Gasteiger partial charge in [-0.3, -0.25) is 0 Å². The molecule has 0 unspecified atom stereocenters. The van der Waals surface area contributed by atoms with Crippen molar-refractivity contribution in [1.29, 1.82) is 0 Å². The first-order chi connectivity index (χ1) is 7.78. The van der Waals surface area contributed by atoms with Crippen LogP contribution in [0.15, 0.2) is 33.5 Å². The Hall–Kier alpha value is -1.36. The van der Waals surface area contributed by atoms with Gasteiger partial charge >= 0.3 is 0 Å². The summed E-state index contributed by atoms with van der Waals surface area (Å²) in [6.07, 6.45) is 2.47. The highest BCUT2D eigenvalue weighted by molar-refractivity contribution is 9.10. The number of hydrogen-bond donors (Lipinski definition) is 1. The van der Waals surface area contributed by atoms with E-state index in [1.807, 2.05) is 25.1 Å². The summed E-state index contributed by atoms with van der Waals surface area (Å²) in [6, 6.07) is 5.64. The maximum Gasteiger partial charge on any atom is 0.131 e. The van der Waals surface area contributed by atoms with Crippen molar-refractivity contribution in [1.82, 2.24) is 9.97 Å². The van der Waals surface area contributed by atoms with Gasteiger partial charge < -0.3 is 9.73 Å². The molecule has 0 atom stereocenters. The van der Waals surface area contributed by atoms with Gasteiger partial charge in [0.25, 0.3) is 0 Å². The fourth-order valence-corrected chi connectivity index (χ4v) is 1.73. The smallest absolute Gasteiger partial charge is 0.131 e. The first-order valence-corrected chi connectivity index (χ1v) is 5.87. The van der Waals surface area contributed by atoms with Crippen LogP contribution in [0.2, 0.25) is 0 Å². The molecule has 0 bridgehead atoms. The largest absolute Gasteiger partial charge is 0.467 e. The predicted octanol–water partition coefficient (Wildman–Crippen LogP) is 3.01. The molecule has 2 aromatic heterocycles. The van der Waals surface area contributed by atoms with E-state index in [4.69, 9.17) is 4.42 Å². The van der Waals surface area contributed by atoms with Crippen LogP contribution in [0.25, 0.3) is 0 Å². The van der Waals surface area contributed by atoms with Crippen molar-refractivity contribution in [3.63, 3.8) is 0 Å². The zero-order valence-electron chi connectivity index (χ0n) is 8.90. The molecular formula is C11H12BrN3O. The molecule has 0 fully saturated rings. The lowest BCUT2D eigenvalue weighted by Crippen LogP contribution is -2.03. The van der Waals surface area contributed by atoms with Crippen molar-refractivity contribution in [2.75, 3.05) is 5.32 Å². The second kappa shape index (κ2) is 5.12. The maximum atomic E-state index is 5.22. The second-order valence-corrected chi connectivity index (χ2v) is 4.09. The van der Waals surface area contributed by atoms with Gasteiger partial charge in [-0.2, -0.15) is 0 Å². The minimum absolute atomic E-state index is 0.625. The van der Waals surface area contributed by atoms with E-state index >= 15 is 0 Å². The van der Waals surface area contributed by atoms with Crippen LogP contribution >= 0.6 is 15.9 Å². The van der Waals surface area contributed by atoms with Crippen molar-refractivity contribution in [2.45, 2.75) is 19.9 Å². The summed E-state index contributed by atoms with van der Waals surface area (Å²) in [7, 11) is 0. The number of anilines is 1. The van der Waals surface area contributed by atoms with Crippen LogP contribution in [0.4, 0.5) is 5.82 Å². The lowest BCUT2D eigenvalue weighted by Gasteiger charge is -2.05. The van der Waals surface area contributed by atoms with E-state index in [0.717, 1.165) is 28.4 Å². The van der Waals surface area contributed by atoms with Gasteiger partial charge in [0.2, 0.25) is 0 Å². The topological polar surface area (TPSA) is 51.0 Å². The normalized spacial score (nSPS) is 10.4. The monoisotopic (exact) mass is 281 g/mol. The van der Waals surface area contributed by atoms with E-state index in [9.17, 15) is 0 Å². The highest BCUT2D eigenvalue weighted by Crippen LogP contribution is 2.13. The Morgan fingerprint density at radius 1 is 1.44 bits per heavy atom. The lowest BCUT2D eigenvalue weighted by molar-refractivity contribution is 0.517. The van der Waals surface area contributed by atoms with Crippen LogP contribution in [-0.4, -0.2) is 9.97 Å². The molecule has 0 spiro atoms. The minimum Gasteiger partial charge on any atom is -0.467 e. The number of furan rings is 1. The number of halogens is 1. The van der Waals surface area contributed by atoms with Crippen molar-refractivity contribution in [3.05, 3.63) is 40.7 Å². The first kappa shape index (κ1) is 11.1. The summed E-state index contributed by atoms with van der Waals surface area (Å²) >= 11 is 3.36. The highest BCUT2D eigenvalue weighted by Gasteiger charge is 2.02. The van der Waals surface area contributed by atoms with Gasteiger partial charge in [-0.15, -0.1) is 0 Å². The molecule has 5 heteroatoms. The van der Waals surface area contributed by atoms with Gasteiger partial charge in [0.05, 0.1) is 12.8 Å². The Balaban J connectivity index is 2.06. The Morgan fingerprint density at radius 3 is 3.00 bits per heavy atom. The lowest BCUT2D eigenvalue weighted by atomic mass is 10.4. The SMILES string of the molecule is CCc1nc(Br)cc(NCc2ccco2)n1.